The number of ether oxygens (including phenoxy) is 1. The molecule has 0 amide bonds. The van der Waals surface area contributed by atoms with E-state index in [1.54, 1.807) is 28.9 Å². The van der Waals surface area contributed by atoms with E-state index in [1.165, 1.54) is 4.57 Å². The number of hydrogen-bond acceptors (Lipinski definition) is 6. The van der Waals surface area contributed by atoms with Gasteiger partial charge in [-0.3, -0.25) is 9.25 Å². The first-order valence-electron chi connectivity index (χ1n) is 11.0. The molecule has 0 aromatic carbocycles. The van der Waals surface area contributed by atoms with Crippen LogP contribution in [0.4, 0.5) is 19.0 Å². The lowest BCUT2D eigenvalue weighted by Gasteiger charge is -2.38. The van der Waals surface area contributed by atoms with Gasteiger partial charge in [0.05, 0.1) is 24.9 Å². The Kier molecular flexibility index (Phi) is 6.05. The molecule has 0 radical (unpaired) electrons. The van der Waals surface area contributed by atoms with E-state index >= 15 is 0 Å². The number of anilines is 1. The van der Waals surface area contributed by atoms with E-state index in [4.69, 9.17) is 4.74 Å². The fourth-order valence-electron chi connectivity index (χ4n) is 3.95. The zero-order chi connectivity index (χ0) is 24.8. The van der Waals surface area contributed by atoms with E-state index in [0.29, 0.717) is 25.4 Å². The Morgan fingerprint density at radius 2 is 1.94 bits per heavy atom. The highest BCUT2D eigenvalue weighted by atomic mass is 19.4. The topological polar surface area (TPSA) is 83.0 Å². The van der Waals surface area contributed by atoms with E-state index in [2.05, 4.69) is 15.1 Å². The molecule has 1 aliphatic heterocycles. The van der Waals surface area contributed by atoms with E-state index in [9.17, 15) is 18.0 Å². The van der Waals surface area contributed by atoms with Gasteiger partial charge < -0.3 is 9.64 Å². The van der Waals surface area contributed by atoms with Crippen molar-refractivity contribution in [2.24, 2.45) is 0 Å². The molecule has 1 saturated heterocycles. The maximum Gasteiger partial charge on any atom is 0.433 e. The predicted molar refractivity (Wildman–Crippen MR) is 119 cm³/mol. The standard InChI is InChI=1S/C22H28F3N7O2/c1-14(2)31-12-16(9-26-31)11-30-10-15(3)32(20(30)33)19-27-17(22(23,24)25)8-18(28-19)29-6-7-34-21(4,5)13-29/h8-10,12,14H,6-7,11,13H2,1-5H3. The van der Waals surface area contributed by atoms with E-state index in [1.807, 2.05) is 33.9 Å². The summed E-state index contributed by atoms with van der Waals surface area (Å²) in [5.74, 6) is -0.209. The van der Waals surface area contributed by atoms with E-state index in [-0.39, 0.29) is 24.4 Å². The number of morpholine rings is 1. The maximum absolute atomic E-state index is 13.7. The first-order valence-corrected chi connectivity index (χ1v) is 11.0. The first-order chi connectivity index (χ1) is 15.8. The summed E-state index contributed by atoms with van der Waals surface area (Å²) in [6, 6.07) is 1.08. The number of aromatic nitrogens is 6. The zero-order valence-corrected chi connectivity index (χ0v) is 19.8. The monoisotopic (exact) mass is 479 g/mol. The van der Waals surface area contributed by atoms with Crippen molar-refractivity contribution in [1.29, 1.82) is 0 Å². The summed E-state index contributed by atoms with van der Waals surface area (Å²) < 4.78 is 51.1. The minimum absolute atomic E-state index is 0.103. The van der Waals surface area contributed by atoms with Gasteiger partial charge in [0, 0.05) is 48.8 Å². The molecule has 184 valence electrons. The molecular formula is C22H28F3N7O2. The molecule has 3 aromatic heterocycles. The number of imidazole rings is 1. The number of aryl methyl sites for hydroxylation is 1. The van der Waals surface area contributed by atoms with Crippen molar-refractivity contribution in [3.8, 4) is 5.95 Å². The molecule has 9 nitrogen and oxygen atoms in total. The number of rotatable bonds is 5. The van der Waals surface area contributed by atoms with Gasteiger partial charge in [0.2, 0.25) is 5.95 Å². The minimum Gasteiger partial charge on any atom is -0.372 e. The van der Waals surface area contributed by atoms with Crippen LogP contribution < -0.4 is 10.6 Å². The lowest BCUT2D eigenvalue weighted by Crippen LogP contribution is -2.48. The van der Waals surface area contributed by atoms with Crippen molar-refractivity contribution >= 4 is 5.82 Å². The molecule has 0 aliphatic carbocycles. The molecule has 0 N–H and O–H groups in total. The van der Waals surface area contributed by atoms with Gasteiger partial charge in [-0.2, -0.15) is 23.3 Å². The Balaban J connectivity index is 1.75. The summed E-state index contributed by atoms with van der Waals surface area (Å²) >= 11 is 0. The van der Waals surface area contributed by atoms with Crippen molar-refractivity contribution < 1.29 is 17.9 Å². The third-order valence-corrected chi connectivity index (χ3v) is 5.61. The lowest BCUT2D eigenvalue weighted by atomic mass is 10.1. The van der Waals surface area contributed by atoms with Gasteiger partial charge in [0.25, 0.3) is 0 Å². The van der Waals surface area contributed by atoms with Crippen LogP contribution >= 0.6 is 0 Å². The summed E-state index contributed by atoms with van der Waals surface area (Å²) in [5, 5.41) is 4.27. The van der Waals surface area contributed by atoms with E-state index < -0.39 is 23.2 Å². The molecule has 4 rings (SSSR count). The van der Waals surface area contributed by atoms with Gasteiger partial charge in [-0.25, -0.2) is 14.3 Å². The van der Waals surface area contributed by atoms with Crippen LogP contribution in [0, 0.1) is 6.92 Å². The molecule has 1 aliphatic rings. The Morgan fingerprint density at radius 1 is 1.21 bits per heavy atom. The second kappa shape index (κ2) is 8.57. The molecule has 3 aromatic rings. The van der Waals surface area contributed by atoms with E-state index in [0.717, 1.165) is 16.2 Å². The quantitative estimate of drug-likeness (QED) is 0.559. The minimum atomic E-state index is -4.69. The van der Waals surface area contributed by atoms with Crippen LogP contribution in [0.15, 0.2) is 29.5 Å². The highest BCUT2D eigenvalue weighted by molar-refractivity contribution is 5.44. The van der Waals surface area contributed by atoms with Crippen LogP contribution in [0.5, 0.6) is 0 Å². The zero-order valence-electron chi connectivity index (χ0n) is 19.8. The normalized spacial score (nSPS) is 16.4. The van der Waals surface area contributed by atoms with Crippen LogP contribution in [-0.2, 0) is 17.5 Å². The molecule has 34 heavy (non-hydrogen) atoms. The summed E-state index contributed by atoms with van der Waals surface area (Å²) in [5.41, 5.74) is -0.947. The van der Waals surface area contributed by atoms with Crippen molar-refractivity contribution in [1.82, 2.24) is 28.9 Å². The van der Waals surface area contributed by atoms with Gasteiger partial charge in [0.1, 0.15) is 5.82 Å². The number of halogens is 3. The third-order valence-electron chi connectivity index (χ3n) is 5.61. The molecular weight excluding hydrogens is 451 g/mol. The Morgan fingerprint density at radius 3 is 2.56 bits per heavy atom. The largest absolute Gasteiger partial charge is 0.433 e. The molecule has 4 heterocycles. The smallest absolute Gasteiger partial charge is 0.372 e. The maximum atomic E-state index is 13.7. The molecule has 0 spiro atoms. The van der Waals surface area contributed by atoms with Gasteiger partial charge >= 0.3 is 11.9 Å². The van der Waals surface area contributed by atoms with Crippen molar-refractivity contribution in [3.63, 3.8) is 0 Å². The molecule has 1 fully saturated rings. The lowest BCUT2D eigenvalue weighted by molar-refractivity contribution is -0.141. The Bertz CT molecular complexity index is 1240. The first kappa shape index (κ1) is 24.0. The van der Waals surface area contributed by atoms with Crippen LogP contribution in [0.1, 0.15) is 50.7 Å². The van der Waals surface area contributed by atoms with Gasteiger partial charge in [-0.15, -0.1) is 0 Å². The number of alkyl halides is 3. The van der Waals surface area contributed by atoms with Crippen LogP contribution in [-0.4, -0.2) is 54.2 Å². The highest BCUT2D eigenvalue weighted by Crippen LogP contribution is 2.31. The average molecular weight is 480 g/mol. The summed E-state index contributed by atoms with van der Waals surface area (Å²) in [6.45, 7) is 10.7. The summed E-state index contributed by atoms with van der Waals surface area (Å²) in [6.07, 6.45) is 0.386. The highest BCUT2D eigenvalue weighted by Gasteiger charge is 2.36. The van der Waals surface area contributed by atoms with Crippen molar-refractivity contribution in [3.05, 3.63) is 52.1 Å². The van der Waals surface area contributed by atoms with Gasteiger partial charge in [0.15, 0.2) is 5.69 Å². The molecule has 0 unspecified atom stereocenters. The molecule has 0 bridgehead atoms. The molecule has 12 heteroatoms. The van der Waals surface area contributed by atoms with Crippen molar-refractivity contribution in [2.75, 3.05) is 24.6 Å². The second-order valence-electron chi connectivity index (χ2n) is 9.38. The third kappa shape index (κ3) is 4.86. The number of nitrogens with zero attached hydrogens (tertiary/aromatic N) is 7. The number of hydrogen-bond donors (Lipinski definition) is 0. The van der Waals surface area contributed by atoms with Gasteiger partial charge in [-0.1, -0.05) is 0 Å². The summed E-state index contributed by atoms with van der Waals surface area (Å²) in [7, 11) is 0. The Labute approximate surface area is 194 Å². The van der Waals surface area contributed by atoms with Crippen molar-refractivity contribution in [2.45, 2.75) is 59.0 Å². The molecule has 0 saturated carbocycles. The SMILES string of the molecule is Cc1cn(Cc2cnn(C(C)C)c2)c(=O)n1-c1nc(N2CCOC(C)(C)C2)cc(C(F)(F)F)n1. The Hall–Kier alpha value is -3.15. The predicted octanol–water partition coefficient (Wildman–Crippen LogP) is 3.20. The fraction of sp³-hybridized carbons (Fsp3) is 0.545. The van der Waals surface area contributed by atoms with Crippen LogP contribution in [0.3, 0.4) is 0 Å². The van der Waals surface area contributed by atoms with Gasteiger partial charge in [-0.05, 0) is 34.6 Å². The summed E-state index contributed by atoms with van der Waals surface area (Å²) in [4.78, 5) is 23.0. The molecule has 0 atom stereocenters. The average Bonchev–Trinajstić information content (AvgIpc) is 3.31. The second-order valence-corrected chi connectivity index (χ2v) is 9.38. The van der Waals surface area contributed by atoms with Crippen LogP contribution in [0.25, 0.3) is 5.95 Å². The fourth-order valence-corrected chi connectivity index (χ4v) is 3.95. The van der Waals surface area contributed by atoms with Crippen LogP contribution in [0.2, 0.25) is 0 Å².